The monoisotopic (exact) mass is 306 g/mol. The molecule has 0 aliphatic rings. The van der Waals surface area contributed by atoms with E-state index in [0.717, 1.165) is 36.8 Å². The predicted octanol–water partition coefficient (Wildman–Crippen LogP) is 3.87. The maximum absolute atomic E-state index is 6.10. The fraction of sp³-hybridized carbons (Fsp3) is 0.412. The zero-order valence-electron chi connectivity index (χ0n) is 12.9. The van der Waals surface area contributed by atoms with Crippen LogP contribution in [0.4, 0.5) is 0 Å². The van der Waals surface area contributed by atoms with E-state index in [1.54, 1.807) is 7.11 Å². The Kier molecular flexibility index (Phi) is 5.85. The van der Waals surface area contributed by atoms with Gasteiger partial charge in [-0.3, -0.25) is 0 Å². The van der Waals surface area contributed by atoms with Crippen LogP contribution in [0, 0.1) is 13.8 Å². The summed E-state index contributed by atoms with van der Waals surface area (Å²) in [5.74, 6) is 0. The minimum absolute atomic E-state index is 0.763. The van der Waals surface area contributed by atoms with Gasteiger partial charge in [0.05, 0.1) is 0 Å². The lowest BCUT2D eigenvalue weighted by molar-refractivity contribution is 0.194. The minimum Gasteiger partial charge on any atom is -0.385 e. The highest BCUT2D eigenvalue weighted by atomic mass is 35.5. The van der Waals surface area contributed by atoms with Gasteiger partial charge in [-0.2, -0.15) is 0 Å². The van der Waals surface area contributed by atoms with E-state index in [2.05, 4.69) is 35.9 Å². The van der Waals surface area contributed by atoms with E-state index in [1.165, 1.54) is 17.0 Å². The fourth-order valence-corrected chi connectivity index (χ4v) is 2.77. The number of ether oxygens (including phenoxy) is 1. The fourth-order valence-electron chi connectivity index (χ4n) is 2.59. The van der Waals surface area contributed by atoms with Crippen molar-refractivity contribution >= 4 is 11.6 Å². The van der Waals surface area contributed by atoms with E-state index in [4.69, 9.17) is 16.3 Å². The molecule has 4 heteroatoms. The van der Waals surface area contributed by atoms with Gasteiger partial charge in [-0.05, 0) is 56.6 Å². The number of aromatic nitrogens is 1. The Balaban J connectivity index is 2.10. The first-order valence-electron chi connectivity index (χ1n) is 7.27. The summed E-state index contributed by atoms with van der Waals surface area (Å²) in [5.41, 5.74) is 4.92. The van der Waals surface area contributed by atoms with Gasteiger partial charge in [0, 0.05) is 42.4 Å². The van der Waals surface area contributed by atoms with E-state index in [1.807, 2.05) is 18.2 Å². The number of nitrogens with zero attached hydrogens (tertiary/aromatic N) is 1. The summed E-state index contributed by atoms with van der Waals surface area (Å²) in [6, 6.07) is 10.2. The van der Waals surface area contributed by atoms with Gasteiger partial charge in [0.1, 0.15) is 0 Å². The molecule has 0 saturated carbocycles. The highest BCUT2D eigenvalue weighted by molar-refractivity contribution is 6.30. The van der Waals surface area contributed by atoms with Crippen molar-refractivity contribution in [3.05, 3.63) is 52.3 Å². The molecule has 2 rings (SSSR count). The van der Waals surface area contributed by atoms with E-state index in [-0.39, 0.29) is 0 Å². The summed E-state index contributed by atoms with van der Waals surface area (Å²) in [5, 5.41) is 4.22. The number of rotatable bonds is 7. The van der Waals surface area contributed by atoms with Crippen LogP contribution in [0.2, 0.25) is 5.02 Å². The third-order valence-electron chi connectivity index (χ3n) is 3.62. The van der Waals surface area contributed by atoms with E-state index < -0.39 is 0 Å². The molecule has 2 aromatic rings. The van der Waals surface area contributed by atoms with Gasteiger partial charge in [-0.1, -0.05) is 17.7 Å². The first-order valence-corrected chi connectivity index (χ1v) is 7.64. The van der Waals surface area contributed by atoms with Crippen LogP contribution in [0.3, 0.4) is 0 Å². The molecule has 1 heterocycles. The van der Waals surface area contributed by atoms with Gasteiger partial charge in [0.25, 0.3) is 0 Å². The molecule has 1 N–H and O–H groups in total. The first kappa shape index (κ1) is 16.1. The summed E-state index contributed by atoms with van der Waals surface area (Å²) in [7, 11) is 1.73. The van der Waals surface area contributed by atoms with Crippen LogP contribution >= 0.6 is 11.6 Å². The van der Waals surface area contributed by atoms with Crippen molar-refractivity contribution < 1.29 is 4.74 Å². The van der Waals surface area contributed by atoms with Crippen molar-refractivity contribution in [2.75, 3.05) is 20.3 Å². The molecule has 0 radical (unpaired) electrons. The van der Waals surface area contributed by atoms with Crippen molar-refractivity contribution in [1.82, 2.24) is 9.88 Å². The molecule has 21 heavy (non-hydrogen) atoms. The van der Waals surface area contributed by atoms with Crippen molar-refractivity contribution in [3.8, 4) is 5.69 Å². The van der Waals surface area contributed by atoms with Gasteiger partial charge < -0.3 is 14.6 Å². The van der Waals surface area contributed by atoms with Gasteiger partial charge in [0.2, 0.25) is 0 Å². The second-order valence-electron chi connectivity index (χ2n) is 5.23. The van der Waals surface area contributed by atoms with Crippen LogP contribution in [0.15, 0.2) is 30.3 Å². The zero-order chi connectivity index (χ0) is 15.2. The highest BCUT2D eigenvalue weighted by Gasteiger charge is 2.10. The van der Waals surface area contributed by atoms with E-state index >= 15 is 0 Å². The van der Waals surface area contributed by atoms with Crippen molar-refractivity contribution in [2.24, 2.45) is 0 Å². The first-order chi connectivity index (χ1) is 10.1. The van der Waals surface area contributed by atoms with Crippen molar-refractivity contribution in [3.63, 3.8) is 0 Å². The number of hydrogen-bond donors (Lipinski definition) is 1. The molecule has 0 unspecified atom stereocenters. The summed E-state index contributed by atoms with van der Waals surface area (Å²) < 4.78 is 7.30. The number of methoxy groups -OCH3 is 1. The molecule has 0 atom stereocenters. The molecule has 1 aromatic carbocycles. The molecule has 0 fully saturated rings. The van der Waals surface area contributed by atoms with Gasteiger partial charge in [-0.25, -0.2) is 0 Å². The van der Waals surface area contributed by atoms with Crippen LogP contribution in [0.1, 0.15) is 23.4 Å². The lowest BCUT2D eigenvalue weighted by Crippen LogP contribution is -2.16. The Morgan fingerprint density at radius 3 is 2.76 bits per heavy atom. The molecule has 0 bridgehead atoms. The quantitative estimate of drug-likeness (QED) is 0.786. The smallest absolute Gasteiger partial charge is 0.0474 e. The third kappa shape index (κ3) is 4.10. The molecule has 0 aliphatic heterocycles. The average molecular weight is 307 g/mol. The molecule has 114 valence electrons. The highest BCUT2D eigenvalue weighted by Crippen LogP contribution is 2.22. The second-order valence-corrected chi connectivity index (χ2v) is 5.67. The number of aryl methyl sites for hydroxylation is 1. The SMILES string of the molecule is COCCCNCc1cc(C)n(-c2cccc(Cl)c2)c1C. The molecule has 0 saturated heterocycles. The molecule has 0 amide bonds. The second kappa shape index (κ2) is 7.64. The summed E-state index contributed by atoms with van der Waals surface area (Å²) in [6.07, 6.45) is 1.03. The standard InChI is InChI=1S/C17H23ClN2O/c1-13-10-15(12-19-8-5-9-21-3)14(2)20(13)17-7-4-6-16(18)11-17/h4,6-7,10-11,19H,5,8-9,12H2,1-3H3. The van der Waals surface area contributed by atoms with Crippen LogP contribution in [0.25, 0.3) is 5.69 Å². The summed E-state index contributed by atoms with van der Waals surface area (Å²) in [4.78, 5) is 0. The zero-order valence-corrected chi connectivity index (χ0v) is 13.7. The van der Waals surface area contributed by atoms with E-state index in [0.29, 0.717) is 0 Å². The molecule has 3 nitrogen and oxygen atoms in total. The van der Waals surface area contributed by atoms with E-state index in [9.17, 15) is 0 Å². The molecule has 0 spiro atoms. The van der Waals surface area contributed by atoms with Gasteiger partial charge in [0.15, 0.2) is 0 Å². The number of nitrogens with one attached hydrogen (secondary N) is 1. The van der Waals surface area contributed by atoms with Crippen LogP contribution in [-0.4, -0.2) is 24.8 Å². The number of halogens is 1. The van der Waals surface area contributed by atoms with Gasteiger partial charge in [-0.15, -0.1) is 0 Å². The lowest BCUT2D eigenvalue weighted by Gasteiger charge is -2.10. The number of benzene rings is 1. The minimum atomic E-state index is 0.763. The molecular weight excluding hydrogens is 284 g/mol. The van der Waals surface area contributed by atoms with Gasteiger partial charge >= 0.3 is 0 Å². The topological polar surface area (TPSA) is 26.2 Å². The van der Waals surface area contributed by atoms with Crippen molar-refractivity contribution in [2.45, 2.75) is 26.8 Å². The Morgan fingerprint density at radius 1 is 1.24 bits per heavy atom. The maximum Gasteiger partial charge on any atom is 0.0474 e. The summed E-state index contributed by atoms with van der Waals surface area (Å²) >= 11 is 6.10. The normalized spacial score (nSPS) is 11.0. The Bertz CT molecular complexity index is 592. The Morgan fingerprint density at radius 2 is 2.05 bits per heavy atom. The predicted molar refractivity (Wildman–Crippen MR) is 88.5 cm³/mol. The Hall–Kier alpha value is -1.29. The summed E-state index contributed by atoms with van der Waals surface area (Å²) in [6.45, 7) is 6.93. The lowest BCUT2D eigenvalue weighted by atomic mass is 10.2. The number of hydrogen-bond acceptors (Lipinski definition) is 2. The molecular formula is C17H23ClN2O. The van der Waals surface area contributed by atoms with Crippen LogP contribution < -0.4 is 5.32 Å². The van der Waals surface area contributed by atoms with Crippen molar-refractivity contribution in [1.29, 1.82) is 0 Å². The Labute approximate surface area is 131 Å². The third-order valence-corrected chi connectivity index (χ3v) is 3.85. The maximum atomic E-state index is 6.10. The van der Waals surface area contributed by atoms with Crippen LogP contribution in [0.5, 0.6) is 0 Å². The largest absolute Gasteiger partial charge is 0.385 e. The van der Waals surface area contributed by atoms with Crippen LogP contribution in [-0.2, 0) is 11.3 Å². The molecule has 1 aromatic heterocycles. The molecule has 0 aliphatic carbocycles. The average Bonchev–Trinajstić information content (AvgIpc) is 2.73.